The summed E-state index contributed by atoms with van der Waals surface area (Å²) in [6, 6.07) is 0. The Morgan fingerprint density at radius 3 is 1.86 bits per heavy atom. The van der Waals surface area contributed by atoms with Gasteiger partial charge in [0.05, 0.1) is 0 Å². The molecule has 0 bridgehead atoms. The van der Waals surface area contributed by atoms with Gasteiger partial charge in [0.1, 0.15) is 0 Å². The molecular formula is C34H56O2. The molecule has 0 heterocycles. The maximum absolute atomic E-state index is 10.1. The molecule has 0 spiro atoms. The molecule has 1 aliphatic carbocycles. The third-order valence-electron chi connectivity index (χ3n) is 7.54. The fourth-order valence-electron chi connectivity index (χ4n) is 5.20. The Kier molecular flexibility index (Phi) is 16.7. The predicted octanol–water partition coefficient (Wildman–Crippen LogP) is 9.43. The van der Waals surface area contributed by atoms with Crippen molar-refractivity contribution in [3.8, 4) is 0 Å². The van der Waals surface area contributed by atoms with E-state index in [-0.39, 0.29) is 25.0 Å². The second-order valence-corrected chi connectivity index (χ2v) is 11.6. The minimum Gasteiger partial charge on any atom is -0.396 e. The van der Waals surface area contributed by atoms with Crippen LogP contribution < -0.4 is 0 Å². The minimum absolute atomic E-state index is 0.156. The average Bonchev–Trinajstić information content (AvgIpc) is 2.81. The van der Waals surface area contributed by atoms with Gasteiger partial charge in [-0.1, -0.05) is 70.4 Å². The van der Waals surface area contributed by atoms with Crippen molar-refractivity contribution in [1.82, 2.24) is 0 Å². The Morgan fingerprint density at radius 2 is 1.33 bits per heavy atom. The van der Waals surface area contributed by atoms with Gasteiger partial charge in [-0.05, 0) is 130 Å². The third kappa shape index (κ3) is 14.2. The molecule has 3 atom stereocenters. The number of rotatable bonds is 17. The van der Waals surface area contributed by atoms with Crippen LogP contribution in [-0.2, 0) is 0 Å². The van der Waals surface area contributed by atoms with Crippen molar-refractivity contribution in [1.29, 1.82) is 0 Å². The summed E-state index contributed by atoms with van der Waals surface area (Å²) in [5.41, 5.74) is 8.47. The van der Waals surface area contributed by atoms with Crippen LogP contribution in [0.3, 0.4) is 0 Å². The quantitative estimate of drug-likeness (QED) is 0.197. The number of hydrogen-bond acceptors (Lipinski definition) is 2. The van der Waals surface area contributed by atoms with E-state index in [1.54, 1.807) is 0 Å². The van der Waals surface area contributed by atoms with Gasteiger partial charge in [0.15, 0.2) is 0 Å². The van der Waals surface area contributed by atoms with E-state index in [0.717, 1.165) is 70.6 Å². The van der Waals surface area contributed by atoms with Crippen molar-refractivity contribution in [2.45, 2.75) is 112 Å². The molecule has 2 N–H and O–H groups in total. The van der Waals surface area contributed by atoms with Gasteiger partial charge in [0.25, 0.3) is 0 Å². The van der Waals surface area contributed by atoms with Gasteiger partial charge in [0.2, 0.25) is 0 Å². The van der Waals surface area contributed by atoms with Gasteiger partial charge in [-0.15, -0.1) is 0 Å². The Labute approximate surface area is 223 Å². The highest BCUT2D eigenvalue weighted by molar-refractivity contribution is 5.15. The number of hydrogen-bond donors (Lipinski definition) is 2. The lowest BCUT2D eigenvalue weighted by Gasteiger charge is -2.36. The van der Waals surface area contributed by atoms with E-state index in [1.165, 1.54) is 33.4 Å². The highest BCUT2D eigenvalue weighted by Crippen LogP contribution is 2.38. The van der Waals surface area contributed by atoms with Crippen LogP contribution in [0, 0.1) is 17.8 Å². The van der Waals surface area contributed by atoms with Gasteiger partial charge in [-0.3, -0.25) is 0 Å². The molecule has 0 unspecified atom stereocenters. The topological polar surface area (TPSA) is 40.5 Å². The van der Waals surface area contributed by atoms with Gasteiger partial charge >= 0.3 is 0 Å². The van der Waals surface area contributed by atoms with E-state index >= 15 is 0 Å². The summed E-state index contributed by atoms with van der Waals surface area (Å²) in [5, 5.41) is 20.1. The van der Waals surface area contributed by atoms with Crippen molar-refractivity contribution >= 4 is 0 Å². The summed E-state index contributed by atoms with van der Waals surface area (Å²) < 4.78 is 0. The van der Waals surface area contributed by atoms with Crippen LogP contribution in [-0.4, -0.2) is 23.4 Å². The molecule has 0 aromatic carbocycles. The van der Waals surface area contributed by atoms with Crippen molar-refractivity contribution in [2.24, 2.45) is 17.8 Å². The normalized spacial score (nSPS) is 20.7. The Morgan fingerprint density at radius 1 is 0.778 bits per heavy atom. The maximum Gasteiger partial charge on any atom is 0.0468 e. The molecule has 0 saturated heterocycles. The molecule has 1 rings (SSSR count). The second kappa shape index (κ2) is 18.6. The molecule has 0 saturated carbocycles. The van der Waals surface area contributed by atoms with E-state index in [1.807, 2.05) is 0 Å². The Bertz CT molecular complexity index is 797. The molecule has 0 amide bonds. The van der Waals surface area contributed by atoms with Crippen molar-refractivity contribution in [3.05, 3.63) is 70.4 Å². The molecule has 2 heteroatoms. The Balaban J connectivity index is 2.60. The van der Waals surface area contributed by atoms with E-state index in [4.69, 9.17) is 0 Å². The fraction of sp³-hybridized carbons (Fsp3) is 0.647. The lowest BCUT2D eigenvalue weighted by molar-refractivity contribution is 0.0819. The van der Waals surface area contributed by atoms with E-state index in [9.17, 15) is 10.2 Å². The van der Waals surface area contributed by atoms with Crippen LogP contribution in [0.4, 0.5) is 0 Å². The fourth-order valence-corrected chi connectivity index (χ4v) is 5.20. The Hall–Kier alpha value is -1.64. The van der Waals surface area contributed by atoms with Crippen LogP contribution >= 0.6 is 0 Å². The first-order valence-corrected chi connectivity index (χ1v) is 14.3. The van der Waals surface area contributed by atoms with Crippen molar-refractivity contribution < 1.29 is 10.2 Å². The van der Waals surface area contributed by atoms with Crippen LogP contribution in [0.2, 0.25) is 0 Å². The lowest BCUT2D eigenvalue weighted by atomic mass is 9.71. The van der Waals surface area contributed by atoms with Gasteiger partial charge in [-0.2, -0.15) is 0 Å². The molecule has 2 nitrogen and oxygen atoms in total. The van der Waals surface area contributed by atoms with Crippen molar-refractivity contribution in [2.75, 3.05) is 13.2 Å². The summed E-state index contributed by atoms with van der Waals surface area (Å²) in [5.74, 6) is 0.657. The highest BCUT2D eigenvalue weighted by Gasteiger charge is 2.32. The largest absolute Gasteiger partial charge is 0.396 e. The zero-order valence-electron chi connectivity index (χ0n) is 24.4. The summed E-state index contributed by atoms with van der Waals surface area (Å²) >= 11 is 0. The van der Waals surface area contributed by atoms with E-state index < -0.39 is 0 Å². The second-order valence-electron chi connectivity index (χ2n) is 11.6. The number of aliphatic hydroxyl groups is 2. The summed E-state index contributed by atoms with van der Waals surface area (Å²) in [4.78, 5) is 0. The summed E-state index contributed by atoms with van der Waals surface area (Å²) in [7, 11) is 0. The van der Waals surface area contributed by atoms with Gasteiger partial charge in [-0.25, -0.2) is 0 Å². The molecule has 204 valence electrons. The molecule has 0 aliphatic heterocycles. The highest BCUT2D eigenvalue weighted by atomic mass is 16.3. The van der Waals surface area contributed by atoms with Crippen LogP contribution in [0.5, 0.6) is 0 Å². The SMILES string of the molecule is C=C(CC/C=C(\C)CCC=C(C)C)CC[C@@H]1C=C(CC/C=C(\C)CCC=C(C)C)C[C@H](CO)[C@H]1CO. The molecular weight excluding hydrogens is 440 g/mol. The maximum atomic E-state index is 10.1. The first-order chi connectivity index (χ1) is 17.2. The number of allylic oxidation sites excluding steroid dienone is 11. The van der Waals surface area contributed by atoms with Crippen LogP contribution in [0.25, 0.3) is 0 Å². The van der Waals surface area contributed by atoms with Crippen molar-refractivity contribution in [3.63, 3.8) is 0 Å². The predicted molar refractivity (Wildman–Crippen MR) is 159 cm³/mol. The minimum atomic E-state index is 0.156. The lowest BCUT2D eigenvalue weighted by Crippen LogP contribution is -2.32. The molecule has 0 aromatic rings. The summed E-state index contributed by atoms with van der Waals surface area (Å²) in [6.07, 6.45) is 23.5. The van der Waals surface area contributed by atoms with E-state index in [2.05, 4.69) is 78.5 Å². The average molecular weight is 497 g/mol. The molecule has 1 aliphatic rings. The number of aliphatic hydroxyl groups excluding tert-OH is 2. The first kappa shape index (κ1) is 32.4. The first-order valence-electron chi connectivity index (χ1n) is 14.3. The van der Waals surface area contributed by atoms with E-state index in [0.29, 0.717) is 5.92 Å². The van der Waals surface area contributed by atoms with Gasteiger partial charge in [0, 0.05) is 13.2 Å². The van der Waals surface area contributed by atoms with Crippen LogP contribution in [0.15, 0.2) is 70.4 Å². The third-order valence-corrected chi connectivity index (χ3v) is 7.54. The smallest absolute Gasteiger partial charge is 0.0468 e. The van der Waals surface area contributed by atoms with Gasteiger partial charge < -0.3 is 10.2 Å². The molecule has 0 radical (unpaired) electrons. The zero-order valence-corrected chi connectivity index (χ0v) is 24.4. The zero-order chi connectivity index (χ0) is 26.9. The molecule has 0 aromatic heterocycles. The molecule has 0 fully saturated rings. The summed E-state index contributed by atoms with van der Waals surface area (Å²) in [6.45, 7) is 17.8. The standard InChI is InChI=1S/C34H56O2/c1-26(2)12-8-14-28(5)16-10-17-30(7)20-21-32-22-31(23-33(24-35)34(32)25-36)19-11-18-29(6)15-9-13-27(3)4/h12-13,16,18,22,32-36H,7-11,14-15,17,19-21,23-25H2,1-6H3/b28-16+,29-18+/t32-,33-,34+/m1/s1. The molecule has 36 heavy (non-hydrogen) atoms. The monoisotopic (exact) mass is 496 g/mol. The van der Waals surface area contributed by atoms with Crippen LogP contribution in [0.1, 0.15) is 112 Å².